The van der Waals surface area contributed by atoms with Gasteiger partial charge in [-0.05, 0) is 48.5 Å². The Kier molecular flexibility index (Phi) is 5.17. The summed E-state index contributed by atoms with van der Waals surface area (Å²) in [5.41, 5.74) is -1.19. The van der Waals surface area contributed by atoms with Crippen molar-refractivity contribution in [2.24, 2.45) is 0 Å². The normalized spacial score (nSPS) is 12.0. The topological polar surface area (TPSA) is 43.4 Å². The Morgan fingerprint density at radius 3 is 2.15 bits per heavy atom. The molecule has 0 N–H and O–H groups in total. The summed E-state index contributed by atoms with van der Waals surface area (Å²) in [5, 5.41) is 0.296. The fourth-order valence-electron chi connectivity index (χ4n) is 2.38. The van der Waals surface area contributed by atoms with Gasteiger partial charge in [0, 0.05) is 5.02 Å². The first-order valence-electron chi connectivity index (χ1n) is 7.63. The Morgan fingerprint density at radius 2 is 1.52 bits per heavy atom. The highest BCUT2D eigenvalue weighted by Gasteiger charge is 2.36. The third-order valence-electron chi connectivity index (χ3n) is 3.64. The van der Waals surface area contributed by atoms with Crippen LogP contribution in [-0.2, 0) is 16.0 Å². The van der Waals surface area contributed by atoms with E-state index in [4.69, 9.17) is 16.3 Å². The number of alkyl halides is 3. The molecule has 0 saturated carbocycles. The fraction of sp³-hybridized carbons (Fsp3) is 0.0526. The molecule has 3 nitrogen and oxygen atoms in total. The molecule has 0 aliphatic heterocycles. The molecule has 3 aromatic carbocycles. The third-order valence-corrected chi connectivity index (χ3v) is 5.65. The first-order chi connectivity index (χ1) is 12.7. The molecule has 0 aliphatic carbocycles. The van der Waals surface area contributed by atoms with Gasteiger partial charge >= 0.3 is 6.18 Å². The van der Waals surface area contributed by atoms with E-state index in [0.29, 0.717) is 11.1 Å². The van der Waals surface area contributed by atoms with Crippen LogP contribution in [-0.4, -0.2) is 8.42 Å². The molecule has 0 spiro atoms. The SMILES string of the molecule is O=S(=O)(c1ccccc1)c1ccc(Oc2cccc(Cl)c2)c(C(F)(F)F)c1. The van der Waals surface area contributed by atoms with Crippen LogP contribution < -0.4 is 4.74 Å². The van der Waals surface area contributed by atoms with Crippen LogP contribution in [0.15, 0.2) is 82.6 Å². The molecule has 0 aromatic heterocycles. The van der Waals surface area contributed by atoms with Crippen LogP contribution in [0.25, 0.3) is 0 Å². The molecule has 0 heterocycles. The van der Waals surface area contributed by atoms with Crippen molar-refractivity contribution in [3.05, 3.63) is 83.4 Å². The molecule has 140 valence electrons. The Labute approximate surface area is 158 Å². The highest BCUT2D eigenvalue weighted by atomic mass is 35.5. The van der Waals surface area contributed by atoms with Crippen LogP contribution in [0.5, 0.6) is 11.5 Å². The second-order valence-corrected chi connectivity index (χ2v) is 7.92. The number of ether oxygens (including phenoxy) is 1. The molecule has 0 atom stereocenters. The summed E-state index contributed by atoms with van der Waals surface area (Å²) in [6.07, 6.45) is -4.81. The molecule has 0 fully saturated rings. The summed E-state index contributed by atoms with van der Waals surface area (Å²) in [6, 6.07) is 15.8. The average molecular weight is 413 g/mol. The van der Waals surface area contributed by atoms with E-state index in [1.165, 1.54) is 42.5 Å². The maximum atomic E-state index is 13.5. The maximum Gasteiger partial charge on any atom is 0.420 e. The highest BCUT2D eigenvalue weighted by molar-refractivity contribution is 7.91. The summed E-state index contributed by atoms with van der Waals surface area (Å²) in [4.78, 5) is -0.568. The molecule has 3 aromatic rings. The molecule has 27 heavy (non-hydrogen) atoms. The van der Waals surface area contributed by atoms with Crippen molar-refractivity contribution >= 4 is 21.4 Å². The number of hydrogen-bond donors (Lipinski definition) is 0. The minimum atomic E-state index is -4.81. The molecule has 0 radical (unpaired) electrons. The van der Waals surface area contributed by atoms with Crippen molar-refractivity contribution in [2.45, 2.75) is 16.0 Å². The van der Waals surface area contributed by atoms with Crippen molar-refractivity contribution in [1.29, 1.82) is 0 Å². The van der Waals surface area contributed by atoms with E-state index in [1.54, 1.807) is 12.1 Å². The lowest BCUT2D eigenvalue weighted by atomic mass is 10.2. The van der Waals surface area contributed by atoms with Gasteiger partial charge in [-0.3, -0.25) is 0 Å². The molecule has 0 bridgehead atoms. The van der Waals surface area contributed by atoms with Crippen molar-refractivity contribution in [3.8, 4) is 11.5 Å². The van der Waals surface area contributed by atoms with Crippen molar-refractivity contribution < 1.29 is 26.3 Å². The zero-order valence-electron chi connectivity index (χ0n) is 13.6. The monoisotopic (exact) mass is 412 g/mol. The van der Waals surface area contributed by atoms with Gasteiger partial charge in [0.15, 0.2) is 0 Å². The molecule has 8 heteroatoms. The van der Waals surface area contributed by atoms with Gasteiger partial charge in [-0.2, -0.15) is 13.2 Å². The quantitative estimate of drug-likeness (QED) is 0.529. The van der Waals surface area contributed by atoms with E-state index in [0.717, 1.165) is 12.1 Å². The van der Waals surface area contributed by atoms with Crippen LogP contribution >= 0.6 is 11.6 Å². The lowest BCUT2D eigenvalue weighted by Crippen LogP contribution is -2.10. The van der Waals surface area contributed by atoms with Crippen LogP contribution in [0.4, 0.5) is 13.2 Å². The van der Waals surface area contributed by atoms with E-state index in [1.807, 2.05) is 0 Å². The van der Waals surface area contributed by atoms with Gasteiger partial charge in [0.1, 0.15) is 11.5 Å². The number of benzene rings is 3. The molecular formula is C19H12ClF3O3S. The Hall–Kier alpha value is -2.51. The van der Waals surface area contributed by atoms with Crippen LogP contribution in [0, 0.1) is 0 Å². The molecule has 0 saturated heterocycles. The summed E-state index contributed by atoms with van der Waals surface area (Å²) in [7, 11) is -4.09. The van der Waals surface area contributed by atoms with Crippen molar-refractivity contribution in [2.75, 3.05) is 0 Å². The molecule has 3 rings (SSSR count). The summed E-state index contributed by atoms with van der Waals surface area (Å²) in [6.45, 7) is 0. The zero-order valence-corrected chi connectivity index (χ0v) is 15.1. The van der Waals surface area contributed by atoms with Crippen LogP contribution in [0.3, 0.4) is 0 Å². The zero-order chi connectivity index (χ0) is 19.7. The molecule has 0 unspecified atom stereocenters. The molecule has 0 amide bonds. The second kappa shape index (κ2) is 7.25. The lowest BCUT2D eigenvalue weighted by Gasteiger charge is -2.15. The van der Waals surface area contributed by atoms with Crippen LogP contribution in [0.2, 0.25) is 5.02 Å². The summed E-state index contributed by atoms with van der Waals surface area (Å²) in [5.74, 6) is -0.413. The third kappa shape index (κ3) is 4.26. The number of hydrogen-bond acceptors (Lipinski definition) is 3. The van der Waals surface area contributed by atoms with Crippen molar-refractivity contribution in [1.82, 2.24) is 0 Å². The second-order valence-electron chi connectivity index (χ2n) is 5.53. The number of halogens is 4. The van der Waals surface area contributed by atoms with E-state index in [2.05, 4.69) is 0 Å². The van der Waals surface area contributed by atoms with E-state index in [-0.39, 0.29) is 10.6 Å². The van der Waals surface area contributed by atoms with Gasteiger partial charge in [-0.25, -0.2) is 8.42 Å². The van der Waals surface area contributed by atoms with Gasteiger partial charge in [0.05, 0.1) is 15.4 Å². The standard InChI is InChI=1S/C19H12ClF3O3S/c20-13-5-4-6-14(11-13)26-18-10-9-16(12-17(18)19(21,22)23)27(24,25)15-7-2-1-3-8-15/h1-12H. The van der Waals surface area contributed by atoms with E-state index in [9.17, 15) is 21.6 Å². The maximum absolute atomic E-state index is 13.5. The predicted octanol–water partition coefficient (Wildman–Crippen LogP) is 5.98. The van der Waals surface area contributed by atoms with Gasteiger partial charge in [-0.1, -0.05) is 35.9 Å². The van der Waals surface area contributed by atoms with Crippen LogP contribution in [0.1, 0.15) is 5.56 Å². The minimum absolute atomic E-state index is 0.0957. The summed E-state index contributed by atoms with van der Waals surface area (Å²) < 4.78 is 71.0. The first-order valence-corrected chi connectivity index (χ1v) is 9.49. The summed E-state index contributed by atoms with van der Waals surface area (Å²) >= 11 is 5.81. The lowest BCUT2D eigenvalue weighted by molar-refractivity contribution is -0.138. The highest BCUT2D eigenvalue weighted by Crippen LogP contribution is 2.40. The minimum Gasteiger partial charge on any atom is -0.457 e. The van der Waals surface area contributed by atoms with Gasteiger partial charge < -0.3 is 4.74 Å². The van der Waals surface area contributed by atoms with E-state index < -0.39 is 32.2 Å². The largest absolute Gasteiger partial charge is 0.457 e. The van der Waals surface area contributed by atoms with E-state index >= 15 is 0 Å². The van der Waals surface area contributed by atoms with Gasteiger partial charge in [-0.15, -0.1) is 0 Å². The Morgan fingerprint density at radius 1 is 0.815 bits per heavy atom. The number of rotatable bonds is 4. The Bertz CT molecular complexity index is 1070. The first kappa shape index (κ1) is 19.3. The molecule has 0 aliphatic rings. The Balaban J connectivity index is 2.08. The predicted molar refractivity (Wildman–Crippen MR) is 94.9 cm³/mol. The van der Waals surface area contributed by atoms with Gasteiger partial charge in [0.25, 0.3) is 0 Å². The van der Waals surface area contributed by atoms with Crippen molar-refractivity contribution in [3.63, 3.8) is 0 Å². The smallest absolute Gasteiger partial charge is 0.420 e. The van der Waals surface area contributed by atoms with Gasteiger partial charge in [0.2, 0.25) is 9.84 Å². The number of sulfone groups is 1. The fourth-order valence-corrected chi connectivity index (χ4v) is 3.87. The average Bonchev–Trinajstić information content (AvgIpc) is 2.62. The molecular weight excluding hydrogens is 401 g/mol.